The molecule has 2 aromatic heterocycles. The molecule has 0 spiro atoms. The third-order valence-electron chi connectivity index (χ3n) is 3.31. The van der Waals surface area contributed by atoms with Crippen molar-refractivity contribution >= 4 is 28.6 Å². The summed E-state index contributed by atoms with van der Waals surface area (Å²) in [5, 5.41) is 6.92. The van der Waals surface area contributed by atoms with Crippen molar-refractivity contribution in [1.82, 2.24) is 4.98 Å². The Labute approximate surface area is 142 Å². The first-order valence-electron chi connectivity index (χ1n) is 6.96. The number of aromatic nitrogens is 1. The molecule has 0 saturated carbocycles. The molecule has 0 aliphatic carbocycles. The highest BCUT2D eigenvalue weighted by Crippen LogP contribution is 2.26. The molecular weight excluding hydrogens is 330 g/mol. The number of aryl methyl sites for hydroxylation is 1. The maximum absolute atomic E-state index is 12.1. The molecule has 0 atom stereocenters. The Hall–Kier alpha value is -2.18. The van der Waals surface area contributed by atoms with Crippen LogP contribution in [0.25, 0.3) is 10.6 Å². The molecule has 0 saturated heterocycles. The Kier molecular flexibility index (Phi) is 4.73. The van der Waals surface area contributed by atoms with E-state index in [4.69, 9.17) is 9.47 Å². The molecule has 23 heavy (non-hydrogen) atoms. The van der Waals surface area contributed by atoms with Gasteiger partial charge >= 0.3 is 5.97 Å². The van der Waals surface area contributed by atoms with Crippen LogP contribution in [0.15, 0.2) is 40.4 Å². The summed E-state index contributed by atoms with van der Waals surface area (Å²) in [7, 11) is 1.58. The summed E-state index contributed by atoms with van der Waals surface area (Å²) < 4.78 is 10.6. The van der Waals surface area contributed by atoms with Crippen LogP contribution in [0.1, 0.15) is 21.6 Å². The van der Waals surface area contributed by atoms with Gasteiger partial charge in [0.15, 0.2) is 0 Å². The molecule has 0 radical (unpaired) electrons. The Morgan fingerprint density at radius 3 is 2.87 bits per heavy atom. The smallest absolute Gasteiger partial charge is 0.338 e. The molecule has 1 aromatic carbocycles. The number of nitrogens with zero attached hydrogens (tertiary/aromatic N) is 1. The van der Waals surface area contributed by atoms with Crippen molar-refractivity contribution in [2.24, 2.45) is 0 Å². The molecule has 118 valence electrons. The fourth-order valence-corrected chi connectivity index (χ4v) is 3.58. The lowest BCUT2D eigenvalue weighted by molar-refractivity contribution is 0.0468. The van der Waals surface area contributed by atoms with E-state index < -0.39 is 0 Å². The number of thiazole rings is 1. The molecule has 2 heterocycles. The van der Waals surface area contributed by atoms with E-state index in [0.29, 0.717) is 11.3 Å². The SMILES string of the molecule is COc1cc(C(=O)OCc2csc(-c3ccsc3)n2)ccc1C. The van der Waals surface area contributed by atoms with Gasteiger partial charge in [-0.3, -0.25) is 0 Å². The van der Waals surface area contributed by atoms with Crippen LogP contribution < -0.4 is 4.74 Å². The molecule has 0 fully saturated rings. The van der Waals surface area contributed by atoms with E-state index >= 15 is 0 Å². The van der Waals surface area contributed by atoms with Gasteiger partial charge in [-0.1, -0.05) is 6.07 Å². The van der Waals surface area contributed by atoms with Crippen LogP contribution in [0.3, 0.4) is 0 Å². The zero-order chi connectivity index (χ0) is 16.2. The summed E-state index contributed by atoms with van der Waals surface area (Å²) in [6.45, 7) is 2.09. The fourth-order valence-electron chi connectivity index (χ4n) is 2.06. The second kappa shape index (κ2) is 6.93. The first kappa shape index (κ1) is 15.7. The van der Waals surface area contributed by atoms with Crippen molar-refractivity contribution in [3.63, 3.8) is 0 Å². The van der Waals surface area contributed by atoms with E-state index in [1.54, 1.807) is 41.9 Å². The van der Waals surface area contributed by atoms with Crippen LogP contribution in [-0.4, -0.2) is 18.1 Å². The minimum absolute atomic E-state index is 0.162. The molecular formula is C17H15NO3S2. The predicted octanol–water partition coefficient (Wildman–Crippen LogP) is 4.55. The molecule has 3 aromatic rings. The lowest BCUT2D eigenvalue weighted by Crippen LogP contribution is -2.06. The zero-order valence-electron chi connectivity index (χ0n) is 12.7. The largest absolute Gasteiger partial charge is 0.496 e. The van der Waals surface area contributed by atoms with Gasteiger partial charge in [-0.25, -0.2) is 9.78 Å². The highest BCUT2D eigenvalue weighted by Gasteiger charge is 2.12. The van der Waals surface area contributed by atoms with E-state index in [1.807, 2.05) is 35.2 Å². The molecule has 0 unspecified atom stereocenters. The molecule has 0 aliphatic heterocycles. The Morgan fingerprint density at radius 2 is 2.13 bits per heavy atom. The minimum Gasteiger partial charge on any atom is -0.496 e. The molecule has 3 rings (SSSR count). The standard InChI is InChI=1S/C17H15NO3S2/c1-11-3-4-12(7-15(11)20-2)17(19)21-8-14-10-23-16(18-14)13-5-6-22-9-13/h3-7,9-10H,8H2,1-2H3. The second-order valence-electron chi connectivity index (χ2n) is 4.92. The van der Waals surface area contributed by atoms with E-state index in [0.717, 1.165) is 21.8 Å². The minimum atomic E-state index is -0.381. The number of benzene rings is 1. The van der Waals surface area contributed by atoms with Gasteiger partial charge in [0.25, 0.3) is 0 Å². The average molecular weight is 345 g/mol. The van der Waals surface area contributed by atoms with E-state index in [1.165, 1.54) is 0 Å². The van der Waals surface area contributed by atoms with Crippen LogP contribution in [0.2, 0.25) is 0 Å². The topological polar surface area (TPSA) is 48.4 Å². The number of ether oxygens (including phenoxy) is 2. The second-order valence-corrected chi connectivity index (χ2v) is 6.55. The maximum Gasteiger partial charge on any atom is 0.338 e. The molecule has 4 nitrogen and oxygen atoms in total. The van der Waals surface area contributed by atoms with Crippen LogP contribution >= 0.6 is 22.7 Å². The Morgan fingerprint density at radius 1 is 1.26 bits per heavy atom. The van der Waals surface area contributed by atoms with Crippen LogP contribution in [0, 0.1) is 6.92 Å². The monoisotopic (exact) mass is 345 g/mol. The average Bonchev–Trinajstić information content (AvgIpc) is 3.24. The Bertz CT molecular complexity index is 809. The summed E-state index contributed by atoms with van der Waals surface area (Å²) in [4.78, 5) is 16.6. The van der Waals surface area contributed by atoms with Crippen molar-refractivity contribution in [3.05, 3.63) is 57.2 Å². The van der Waals surface area contributed by atoms with Gasteiger partial charge in [0, 0.05) is 16.3 Å². The summed E-state index contributed by atoms with van der Waals surface area (Å²) in [6.07, 6.45) is 0. The lowest BCUT2D eigenvalue weighted by atomic mass is 10.1. The lowest BCUT2D eigenvalue weighted by Gasteiger charge is -2.07. The van der Waals surface area contributed by atoms with E-state index in [-0.39, 0.29) is 12.6 Å². The number of hydrogen-bond donors (Lipinski definition) is 0. The van der Waals surface area contributed by atoms with Gasteiger partial charge in [-0.05, 0) is 36.1 Å². The number of carbonyl (C=O) groups excluding carboxylic acids is 1. The van der Waals surface area contributed by atoms with Gasteiger partial charge in [0.1, 0.15) is 17.4 Å². The summed E-state index contributed by atoms with van der Waals surface area (Å²) in [6, 6.07) is 7.29. The predicted molar refractivity (Wildman–Crippen MR) is 92.3 cm³/mol. The number of methoxy groups -OCH3 is 1. The highest BCUT2D eigenvalue weighted by molar-refractivity contribution is 7.14. The molecule has 0 N–H and O–H groups in total. The van der Waals surface area contributed by atoms with Crippen molar-refractivity contribution in [2.75, 3.05) is 7.11 Å². The van der Waals surface area contributed by atoms with E-state index in [9.17, 15) is 4.79 Å². The van der Waals surface area contributed by atoms with Crippen molar-refractivity contribution in [1.29, 1.82) is 0 Å². The van der Waals surface area contributed by atoms with Gasteiger partial charge in [-0.15, -0.1) is 11.3 Å². The summed E-state index contributed by atoms with van der Waals surface area (Å²) >= 11 is 3.18. The molecule has 6 heteroatoms. The maximum atomic E-state index is 12.1. The molecule has 0 bridgehead atoms. The summed E-state index contributed by atoms with van der Waals surface area (Å²) in [5.41, 5.74) is 3.30. The highest BCUT2D eigenvalue weighted by atomic mass is 32.1. The van der Waals surface area contributed by atoms with Gasteiger partial charge < -0.3 is 9.47 Å². The van der Waals surface area contributed by atoms with Crippen LogP contribution in [0.4, 0.5) is 0 Å². The van der Waals surface area contributed by atoms with Gasteiger partial charge in [0.05, 0.1) is 18.4 Å². The van der Waals surface area contributed by atoms with Crippen molar-refractivity contribution in [2.45, 2.75) is 13.5 Å². The van der Waals surface area contributed by atoms with Crippen molar-refractivity contribution in [3.8, 4) is 16.3 Å². The number of thiophene rings is 1. The molecule has 0 amide bonds. The number of hydrogen-bond acceptors (Lipinski definition) is 6. The number of carbonyl (C=O) groups is 1. The van der Waals surface area contributed by atoms with Crippen LogP contribution in [0.5, 0.6) is 5.75 Å². The number of rotatable bonds is 5. The third-order valence-corrected chi connectivity index (χ3v) is 4.94. The quantitative estimate of drug-likeness (QED) is 0.637. The van der Waals surface area contributed by atoms with Crippen molar-refractivity contribution < 1.29 is 14.3 Å². The third kappa shape index (κ3) is 3.60. The first-order valence-corrected chi connectivity index (χ1v) is 8.78. The zero-order valence-corrected chi connectivity index (χ0v) is 14.4. The van der Waals surface area contributed by atoms with Crippen LogP contribution in [-0.2, 0) is 11.3 Å². The fraction of sp³-hybridized carbons (Fsp3) is 0.176. The molecule has 0 aliphatic rings. The summed E-state index contributed by atoms with van der Waals surface area (Å²) in [5.74, 6) is 0.293. The van der Waals surface area contributed by atoms with E-state index in [2.05, 4.69) is 4.98 Å². The van der Waals surface area contributed by atoms with Gasteiger partial charge in [0.2, 0.25) is 0 Å². The normalized spacial score (nSPS) is 10.5. The Balaban J connectivity index is 1.65. The number of esters is 1. The first-order chi connectivity index (χ1) is 11.2. The van der Waals surface area contributed by atoms with Gasteiger partial charge in [-0.2, -0.15) is 11.3 Å².